The highest BCUT2D eigenvalue weighted by atomic mass is 32.1. The van der Waals surface area contributed by atoms with Crippen molar-refractivity contribution in [3.8, 4) is 0 Å². The van der Waals surface area contributed by atoms with Gasteiger partial charge in [0.25, 0.3) is 0 Å². The fraction of sp³-hybridized carbons (Fsp3) is 0.929. The molecule has 1 rings (SSSR count). The molecule has 3 heteroatoms. The molecule has 0 aromatic rings. The average molecular weight is 256 g/mol. The maximum absolute atomic E-state index is 5.58. The van der Waals surface area contributed by atoms with Gasteiger partial charge in [-0.1, -0.05) is 44.3 Å². The van der Waals surface area contributed by atoms with E-state index < -0.39 is 0 Å². The van der Waals surface area contributed by atoms with Crippen LogP contribution in [0.2, 0.25) is 0 Å². The second-order valence-corrected chi connectivity index (χ2v) is 6.16. The smallest absolute Gasteiger partial charge is 0.0740 e. The molecule has 0 radical (unpaired) electrons. The van der Waals surface area contributed by atoms with Crippen molar-refractivity contribution in [2.24, 2.45) is 11.7 Å². The minimum atomic E-state index is 0.605. The van der Waals surface area contributed by atoms with E-state index in [2.05, 4.69) is 18.7 Å². The highest BCUT2D eigenvalue weighted by Gasteiger charge is 2.16. The molecule has 100 valence electrons. The first-order chi connectivity index (χ1) is 8.09. The molecule has 2 nitrogen and oxygen atoms in total. The molecule has 1 saturated carbocycles. The molecule has 0 aromatic heterocycles. The Bertz CT molecular complexity index is 222. The highest BCUT2D eigenvalue weighted by molar-refractivity contribution is 7.80. The zero-order valence-electron chi connectivity index (χ0n) is 11.5. The Labute approximate surface area is 112 Å². The molecule has 0 amide bonds. The SMILES string of the molecule is CC(C)N(CCC(N)=S)CCC1CCCCC1. The number of nitrogens with two attached hydrogens (primary N) is 1. The fourth-order valence-electron chi connectivity index (χ4n) is 2.71. The van der Waals surface area contributed by atoms with Gasteiger partial charge in [-0.05, 0) is 32.7 Å². The normalized spacial score (nSPS) is 17.9. The molecule has 0 bridgehead atoms. The summed E-state index contributed by atoms with van der Waals surface area (Å²) in [6.07, 6.45) is 9.44. The van der Waals surface area contributed by atoms with Crippen molar-refractivity contribution in [3.63, 3.8) is 0 Å². The van der Waals surface area contributed by atoms with Crippen molar-refractivity contribution < 1.29 is 0 Å². The molecule has 0 spiro atoms. The minimum Gasteiger partial charge on any atom is -0.393 e. The quantitative estimate of drug-likeness (QED) is 0.708. The predicted molar refractivity (Wildman–Crippen MR) is 79.3 cm³/mol. The van der Waals surface area contributed by atoms with Gasteiger partial charge in [0.05, 0.1) is 4.99 Å². The lowest BCUT2D eigenvalue weighted by Crippen LogP contribution is -2.35. The van der Waals surface area contributed by atoms with E-state index in [1.165, 1.54) is 45.1 Å². The standard InChI is InChI=1S/C14H28N2S/c1-12(2)16(11-9-14(15)17)10-8-13-6-4-3-5-7-13/h12-13H,3-11H2,1-2H3,(H2,15,17). The second kappa shape index (κ2) is 8.04. The predicted octanol–water partition coefficient (Wildman–Crippen LogP) is 3.34. The van der Waals surface area contributed by atoms with Crippen LogP contribution in [0.25, 0.3) is 0 Å². The van der Waals surface area contributed by atoms with Crippen molar-refractivity contribution >= 4 is 17.2 Å². The van der Waals surface area contributed by atoms with E-state index >= 15 is 0 Å². The van der Waals surface area contributed by atoms with Gasteiger partial charge in [-0.15, -0.1) is 0 Å². The van der Waals surface area contributed by atoms with Crippen LogP contribution in [-0.2, 0) is 0 Å². The average Bonchev–Trinajstić information content (AvgIpc) is 2.29. The number of hydrogen-bond donors (Lipinski definition) is 1. The van der Waals surface area contributed by atoms with E-state index in [0.717, 1.165) is 18.9 Å². The molecule has 0 heterocycles. The summed E-state index contributed by atoms with van der Waals surface area (Å²) < 4.78 is 0. The zero-order chi connectivity index (χ0) is 12.7. The Kier molecular flexibility index (Phi) is 7.05. The minimum absolute atomic E-state index is 0.605. The van der Waals surface area contributed by atoms with E-state index in [4.69, 9.17) is 18.0 Å². The van der Waals surface area contributed by atoms with Crippen LogP contribution in [0, 0.1) is 5.92 Å². The van der Waals surface area contributed by atoms with Crippen molar-refractivity contribution in [2.75, 3.05) is 13.1 Å². The first-order valence-corrected chi connectivity index (χ1v) is 7.52. The number of nitrogens with zero attached hydrogens (tertiary/aromatic N) is 1. The molecular formula is C14H28N2S. The van der Waals surface area contributed by atoms with Crippen molar-refractivity contribution in [1.82, 2.24) is 4.90 Å². The third kappa shape index (κ3) is 6.37. The molecular weight excluding hydrogens is 228 g/mol. The molecule has 0 unspecified atom stereocenters. The van der Waals surface area contributed by atoms with Crippen LogP contribution in [0.1, 0.15) is 58.8 Å². The van der Waals surface area contributed by atoms with Gasteiger partial charge in [-0.2, -0.15) is 0 Å². The van der Waals surface area contributed by atoms with Gasteiger partial charge in [-0.25, -0.2) is 0 Å². The van der Waals surface area contributed by atoms with Crippen LogP contribution in [0.4, 0.5) is 0 Å². The Balaban J connectivity index is 2.25. The van der Waals surface area contributed by atoms with Crippen LogP contribution in [0.15, 0.2) is 0 Å². The molecule has 0 aromatic carbocycles. The lowest BCUT2D eigenvalue weighted by Gasteiger charge is -2.29. The second-order valence-electron chi connectivity index (χ2n) is 5.64. The zero-order valence-corrected chi connectivity index (χ0v) is 12.3. The summed E-state index contributed by atoms with van der Waals surface area (Å²) >= 11 is 4.96. The van der Waals surface area contributed by atoms with E-state index in [9.17, 15) is 0 Å². The third-order valence-electron chi connectivity index (χ3n) is 3.93. The molecule has 1 aliphatic carbocycles. The van der Waals surface area contributed by atoms with Crippen LogP contribution in [0.3, 0.4) is 0 Å². The summed E-state index contributed by atoms with van der Waals surface area (Å²) in [6, 6.07) is 0.605. The summed E-state index contributed by atoms with van der Waals surface area (Å²) in [6.45, 7) is 6.77. The van der Waals surface area contributed by atoms with E-state index in [0.29, 0.717) is 11.0 Å². The number of rotatable bonds is 7. The maximum Gasteiger partial charge on any atom is 0.0740 e. The molecule has 0 saturated heterocycles. The number of thiocarbonyl (C=S) groups is 1. The van der Waals surface area contributed by atoms with E-state index in [1.54, 1.807) is 0 Å². The Morgan fingerprint density at radius 2 is 1.88 bits per heavy atom. The van der Waals surface area contributed by atoms with Crippen molar-refractivity contribution in [3.05, 3.63) is 0 Å². The summed E-state index contributed by atoms with van der Waals surface area (Å²) in [5.74, 6) is 0.967. The lowest BCUT2D eigenvalue weighted by molar-refractivity contribution is 0.198. The molecule has 17 heavy (non-hydrogen) atoms. The maximum atomic E-state index is 5.58. The molecule has 1 aliphatic rings. The summed E-state index contributed by atoms with van der Waals surface area (Å²) in [7, 11) is 0. The van der Waals surface area contributed by atoms with Crippen LogP contribution in [0.5, 0.6) is 0 Å². The molecule has 2 N–H and O–H groups in total. The Morgan fingerprint density at radius 3 is 2.41 bits per heavy atom. The van der Waals surface area contributed by atoms with Gasteiger partial charge in [-0.3, -0.25) is 0 Å². The van der Waals surface area contributed by atoms with Gasteiger partial charge >= 0.3 is 0 Å². The van der Waals surface area contributed by atoms with Crippen LogP contribution in [-0.4, -0.2) is 29.0 Å². The van der Waals surface area contributed by atoms with E-state index in [-0.39, 0.29) is 0 Å². The molecule has 1 fully saturated rings. The van der Waals surface area contributed by atoms with Gasteiger partial charge in [0.1, 0.15) is 0 Å². The Morgan fingerprint density at radius 1 is 1.24 bits per heavy atom. The van der Waals surface area contributed by atoms with Gasteiger partial charge in [0.2, 0.25) is 0 Å². The van der Waals surface area contributed by atoms with Crippen molar-refractivity contribution in [2.45, 2.75) is 64.8 Å². The summed E-state index contributed by atoms with van der Waals surface area (Å²) in [4.78, 5) is 3.17. The highest BCUT2D eigenvalue weighted by Crippen LogP contribution is 2.26. The molecule has 0 aliphatic heterocycles. The topological polar surface area (TPSA) is 29.3 Å². The first-order valence-electron chi connectivity index (χ1n) is 7.12. The fourth-order valence-corrected chi connectivity index (χ4v) is 2.80. The summed E-state index contributed by atoms with van der Waals surface area (Å²) in [5, 5.41) is 0. The van der Waals surface area contributed by atoms with Crippen LogP contribution >= 0.6 is 12.2 Å². The van der Waals surface area contributed by atoms with Gasteiger partial charge in [0.15, 0.2) is 0 Å². The lowest BCUT2D eigenvalue weighted by atomic mass is 9.87. The van der Waals surface area contributed by atoms with E-state index in [1.807, 2.05) is 0 Å². The van der Waals surface area contributed by atoms with Crippen LogP contribution < -0.4 is 5.73 Å². The molecule has 0 atom stereocenters. The van der Waals surface area contributed by atoms with Gasteiger partial charge < -0.3 is 10.6 Å². The van der Waals surface area contributed by atoms with Crippen molar-refractivity contribution in [1.29, 1.82) is 0 Å². The number of hydrogen-bond acceptors (Lipinski definition) is 2. The first kappa shape index (κ1) is 14.9. The Hall–Kier alpha value is -0.150. The monoisotopic (exact) mass is 256 g/mol. The summed E-state index contributed by atoms with van der Waals surface area (Å²) in [5.41, 5.74) is 5.58. The third-order valence-corrected chi connectivity index (χ3v) is 4.13. The largest absolute Gasteiger partial charge is 0.393 e. The van der Waals surface area contributed by atoms with Gasteiger partial charge in [0, 0.05) is 19.0 Å².